The highest BCUT2D eigenvalue weighted by Crippen LogP contribution is 2.28. The van der Waals surface area contributed by atoms with Gasteiger partial charge >= 0.3 is 0 Å². The molecule has 6 heteroatoms. The lowest BCUT2D eigenvalue weighted by molar-refractivity contribution is 0.102. The van der Waals surface area contributed by atoms with Crippen LogP contribution in [0.1, 0.15) is 10.4 Å². The summed E-state index contributed by atoms with van der Waals surface area (Å²) in [5.41, 5.74) is 3.02. The van der Waals surface area contributed by atoms with Crippen LogP contribution in [0, 0.1) is 5.82 Å². The van der Waals surface area contributed by atoms with Crippen molar-refractivity contribution in [3.63, 3.8) is 0 Å². The molecular formula is C23H16ClFN2O2. The number of benzene rings is 3. The van der Waals surface area contributed by atoms with Crippen LogP contribution in [-0.2, 0) is 0 Å². The number of ether oxygens (including phenoxy) is 1. The van der Waals surface area contributed by atoms with Gasteiger partial charge in [0, 0.05) is 16.6 Å². The Morgan fingerprint density at radius 1 is 1.03 bits per heavy atom. The van der Waals surface area contributed by atoms with Crippen LogP contribution in [0.3, 0.4) is 0 Å². The molecule has 4 rings (SSSR count). The molecule has 4 aromatic rings. The van der Waals surface area contributed by atoms with E-state index in [0.29, 0.717) is 33.6 Å². The number of anilines is 1. The zero-order valence-corrected chi connectivity index (χ0v) is 16.2. The second-order valence-corrected chi connectivity index (χ2v) is 6.79. The summed E-state index contributed by atoms with van der Waals surface area (Å²) in [7, 11) is 1.60. The fourth-order valence-corrected chi connectivity index (χ4v) is 3.25. The highest BCUT2D eigenvalue weighted by molar-refractivity contribution is 6.31. The first-order chi connectivity index (χ1) is 14.0. The van der Waals surface area contributed by atoms with Crippen molar-refractivity contribution in [2.45, 2.75) is 0 Å². The van der Waals surface area contributed by atoms with Gasteiger partial charge in [-0.3, -0.25) is 4.79 Å². The first-order valence-corrected chi connectivity index (χ1v) is 9.23. The molecule has 0 saturated carbocycles. The van der Waals surface area contributed by atoms with E-state index in [4.69, 9.17) is 21.3 Å². The molecule has 1 heterocycles. The Bertz CT molecular complexity index is 1230. The van der Waals surface area contributed by atoms with Gasteiger partial charge in [-0.05, 0) is 42.5 Å². The third-order valence-corrected chi connectivity index (χ3v) is 4.79. The summed E-state index contributed by atoms with van der Waals surface area (Å²) in [6, 6.07) is 20.7. The summed E-state index contributed by atoms with van der Waals surface area (Å²) in [5.74, 6) is -0.181. The third kappa shape index (κ3) is 3.91. The van der Waals surface area contributed by atoms with Crippen LogP contribution in [-0.4, -0.2) is 18.0 Å². The molecule has 0 aliphatic carbocycles. The minimum absolute atomic E-state index is 0.0561. The minimum atomic E-state index is -0.542. The van der Waals surface area contributed by atoms with E-state index in [9.17, 15) is 9.18 Å². The molecule has 0 atom stereocenters. The number of nitrogens with one attached hydrogen (secondary N) is 1. The number of fused-ring (bicyclic) bond motifs is 1. The quantitative estimate of drug-likeness (QED) is 0.455. The third-order valence-electron chi connectivity index (χ3n) is 4.50. The van der Waals surface area contributed by atoms with Crippen LogP contribution in [0.4, 0.5) is 10.1 Å². The molecule has 1 aromatic heterocycles. The largest absolute Gasteiger partial charge is 0.497 e. The average Bonchev–Trinajstić information content (AvgIpc) is 2.75. The van der Waals surface area contributed by atoms with Crippen molar-refractivity contribution < 1.29 is 13.9 Å². The van der Waals surface area contributed by atoms with E-state index in [0.717, 1.165) is 5.56 Å². The number of para-hydroxylation sites is 1. The molecule has 0 bridgehead atoms. The molecule has 0 spiro atoms. The maximum absolute atomic E-state index is 13.4. The normalized spacial score (nSPS) is 10.7. The number of carbonyl (C=O) groups is 1. The summed E-state index contributed by atoms with van der Waals surface area (Å²) in [5, 5.41) is 3.43. The Morgan fingerprint density at radius 3 is 2.66 bits per heavy atom. The molecule has 1 N–H and O–H groups in total. The van der Waals surface area contributed by atoms with Crippen LogP contribution in [0.15, 0.2) is 72.8 Å². The SMILES string of the molecule is COc1cccc(-c2cc(C(=O)Nc3ccc(F)c(Cl)c3)c3ccccc3n2)c1. The van der Waals surface area contributed by atoms with Crippen LogP contribution < -0.4 is 10.1 Å². The molecule has 0 saturated heterocycles. The smallest absolute Gasteiger partial charge is 0.256 e. The van der Waals surface area contributed by atoms with E-state index in [-0.39, 0.29) is 10.9 Å². The van der Waals surface area contributed by atoms with Crippen LogP contribution in [0.25, 0.3) is 22.2 Å². The lowest BCUT2D eigenvalue weighted by atomic mass is 10.0. The number of pyridine rings is 1. The van der Waals surface area contributed by atoms with E-state index >= 15 is 0 Å². The summed E-state index contributed by atoms with van der Waals surface area (Å²) in [6.07, 6.45) is 0. The highest BCUT2D eigenvalue weighted by Gasteiger charge is 2.15. The Kier molecular flexibility index (Phi) is 5.14. The van der Waals surface area contributed by atoms with Crippen molar-refractivity contribution in [1.29, 1.82) is 0 Å². The van der Waals surface area contributed by atoms with Gasteiger partial charge in [0.1, 0.15) is 11.6 Å². The fourth-order valence-electron chi connectivity index (χ4n) is 3.07. The van der Waals surface area contributed by atoms with Crippen molar-refractivity contribution in [3.8, 4) is 17.0 Å². The van der Waals surface area contributed by atoms with Gasteiger partial charge in [0.25, 0.3) is 5.91 Å². The lowest BCUT2D eigenvalue weighted by Crippen LogP contribution is -2.13. The van der Waals surface area contributed by atoms with Gasteiger partial charge in [-0.1, -0.05) is 41.9 Å². The molecule has 0 radical (unpaired) electrons. The molecule has 144 valence electrons. The molecule has 0 aliphatic heterocycles. The first kappa shape index (κ1) is 18.9. The Balaban J connectivity index is 1.79. The number of amides is 1. The van der Waals surface area contributed by atoms with Crippen molar-refractivity contribution in [1.82, 2.24) is 4.98 Å². The highest BCUT2D eigenvalue weighted by atomic mass is 35.5. The summed E-state index contributed by atoms with van der Waals surface area (Å²) in [6.45, 7) is 0. The Morgan fingerprint density at radius 2 is 1.86 bits per heavy atom. The first-order valence-electron chi connectivity index (χ1n) is 8.86. The van der Waals surface area contributed by atoms with E-state index in [1.807, 2.05) is 48.5 Å². The Hall–Kier alpha value is -3.44. The zero-order valence-electron chi connectivity index (χ0n) is 15.4. The van der Waals surface area contributed by atoms with E-state index < -0.39 is 5.82 Å². The predicted molar refractivity (Wildman–Crippen MR) is 113 cm³/mol. The van der Waals surface area contributed by atoms with Crippen LogP contribution in [0.5, 0.6) is 5.75 Å². The molecule has 0 fully saturated rings. The molecule has 4 nitrogen and oxygen atoms in total. The van der Waals surface area contributed by atoms with Crippen LogP contribution >= 0.6 is 11.6 Å². The second-order valence-electron chi connectivity index (χ2n) is 6.39. The predicted octanol–water partition coefficient (Wildman–Crippen LogP) is 5.96. The molecule has 0 aliphatic rings. The summed E-state index contributed by atoms with van der Waals surface area (Å²) >= 11 is 5.82. The van der Waals surface area contributed by atoms with Gasteiger partial charge in [-0.15, -0.1) is 0 Å². The maximum Gasteiger partial charge on any atom is 0.256 e. The van der Waals surface area contributed by atoms with Crippen molar-refractivity contribution in [2.24, 2.45) is 0 Å². The van der Waals surface area contributed by atoms with E-state index in [1.54, 1.807) is 13.2 Å². The fraction of sp³-hybridized carbons (Fsp3) is 0.0435. The van der Waals surface area contributed by atoms with Gasteiger partial charge in [-0.2, -0.15) is 0 Å². The number of rotatable bonds is 4. The number of halogens is 2. The topological polar surface area (TPSA) is 51.2 Å². The molecular weight excluding hydrogens is 391 g/mol. The second kappa shape index (κ2) is 7.89. The molecule has 0 unspecified atom stereocenters. The number of methoxy groups -OCH3 is 1. The van der Waals surface area contributed by atoms with E-state index in [1.165, 1.54) is 18.2 Å². The zero-order chi connectivity index (χ0) is 20.4. The van der Waals surface area contributed by atoms with Crippen molar-refractivity contribution in [2.75, 3.05) is 12.4 Å². The van der Waals surface area contributed by atoms with Gasteiger partial charge in [0.05, 0.1) is 28.9 Å². The van der Waals surface area contributed by atoms with Gasteiger partial charge < -0.3 is 10.1 Å². The Labute approximate surface area is 171 Å². The monoisotopic (exact) mass is 406 g/mol. The van der Waals surface area contributed by atoms with Gasteiger partial charge in [0.15, 0.2) is 0 Å². The molecule has 1 amide bonds. The minimum Gasteiger partial charge on any atom is -0.497 e. The van der Waals surface area contributed by atoms with E-state index in [2.05, 4.69) is 5.32 Å². The van der Waals surface area contributed by atoms with Crippen molar-refractivity contribution >= 4 is 34.1 Å². The van der Waals surface area contributed by atoms with Gasteiger partial charge in [-0.25, -0.2) is 9.37 Å². The number of hydrogen-bond donors (Lipinski definition) is 1. The molecule has 3 aromatic carbocycles. The number of aromatic nitrogens is 1. The maximum atomic E-state index is 13.4. The van der Waals surface area contributed by atoms with Crippen LogP contribution in [0.2, 0.25) is 5.02 Å². The standard InChI is InChI=1S/C23H16ClFN2O2/c1-29-16-6-4-5-14(11-16)22-13-18(17-7-2-3-8-21(17)27-22)23(28)26-15-9-10-20(25)19(24)12-15/h2-13H,1H3,(H,26,28). The summed E-state index contributed by atoms with van der Waals surface area (Å²) in [4.78, 5) is 17.7. The number of hydrogen-bond acceptors (Lipinski definition) is 3. The van der Waals surface area contributed by atoms with Crippen molar-refractivity contribution in [3.05, 3.63) is 89.2 Å². The lowest BCUT2D eigenvalue weighted by Gasteiger charge is -2.11. The number of carbonyl (C=O) groups excluding carboxylic acids is 1. The number of nitrogens with zero attached hydrogens (tertiary/aromatic N) is 1. The summed E-state index contributed by atoms with van der Waals surface area (Å²) < 4.78 is 18.7. The van der Waals surface area contributed by atoms with Gasteiger partial charge in [0.2, 0.25) is 0 Å². The average molecular weight is 407 g/mol. The molecule has 29 heavy (non-hydrogen) atoms.